The van der Waals surface area contributed by atoms with E-state index in [-0.39, 0.29) is 23.4 Å². The van der Waals surface area contributed by atoms with Gasteiger partial charge >= 0.3 is 0 Å². The van der Waals surface area contributed by atoms with E-state index in [1.807, 2.05) is 24.3 Å². The topological polar surface area (TPSA) is 75.4 Å². The van der Waals surface area contributed by atoms with E-state index in [4.69, 9.17) is 4.42 Å². The fourth-order valence-electron chi connectivity index (χ4n) is 4.48. The molecule has 1 aromatic heterocycles. The van der Waals surface area contributed by atoms with Crippen LogP contribution in [-0.4, -0.2) is 28.2 Å². The van der Waals surface area contributed by atoms with Crippen molar-refractivity contribution in [2.24, 2.45) is 0 Å². The third kappa shape index (κ3) is 2.22. The van der Waals surface area contributed by atoms with Crippen molar-refractivity contribution < 1.29 is 18.4 Å². The average Bonchev–Trinajstić information content (AvgIpc) is 3.43. The summed E-state index contributed by atoms with van der Waals surface area (Å²) in [6, 6.07) is 12.9. The number of fused-ring (bicyclic) bond motifs is 2. The molecule has 1 spiro atoms. The van der Waals surface area contributed by atoms with Crippen molar-refractivity contribution in [3.63, 3.8) is 0 Å². The molecule has 6 nitrogen and oxygen atoms in total. The molecule has 7 heteroatoms. The Bertz CT molecular complexity index is 1060. The van der Waals surface area contributed by atoms with Crippen LogP contribution in [0.25, 0.3) is 0 Å². The SMILES string of the molecule is O=C(c1cnco1)N1CC[C@]2(C(=O)Nc3ccccc32)[C@@H]1c1ccc(F)cc1. The molecule has 5 rings (SSSR count). The third-order valence-corrected chi connectivity index (χ3v) is 5.68. The lowest BCUT2D eigenvalue weighted by atomic mass is 9.72. The predicted octanol–water partition coefficient (Wildman–Crippen LogP) is 3.29. The molecule has 2 atom stereocenters. The van der Waals surface area contributed by atoms with Gasteiger partial charge in [-0.15, -0.1) is 0 Å². The molecule has 1 fully saturated rings. The highest BCUT2D eigenvalue weighted by Crippen LogP contribution is 2.54. The predicted molar refractivity (Wildman–Crippen MR) is 98.0 cm³/mol. The number of halogens is 1. The van der Waals surface area contributed by atoms with Crippen LogP contribution in [0.15, 0.2) is 65.5 Å². The van der Waals surface area contributed by atoms with Crippen LogP contribution in [0.1, 0.15) is 34.1 Å². The molecule has 0 saturated carbocycles. The molecular weight excluding hydrogens is 361 g/mol. The number of anilines is 1. The van der Waals surface area contributed by atoms with Crippen molar-refractivity contribution in [3.8, 4) is 0 Å². The number of carbonyl (C=O) groups excluding carboxylic acids is 2. The van der Waals surface area contributed by atoms with E-state index in [1.165, 1.54) is 24.7 Å². The summed E-state index contributed by atoms with van der Waals surface area (Å²) < 4.78 is 18.7. The van der Waals surface area contributed by atoms with Gasteiger partial charge in [-0.2, -0.15) is 0 Å². The first-order valence-electron chi connectivity index (χ1n) is 8.97. The maximum absolute atomic E-state index is 13.6. The zero-order valence-electron chi connectivity index (χ0n) is 14.8. The lowest BCUT2D eigenvalue weighted by Gasteiger charge is -2.34. The van der Waals surface area contributed by atoms with Gasteiger partial charge in [0.1, 0.15) is 11.2 Å². The highest BCUT2D eigenvalue weighted by Gasteiger charge is 2.59. The average molecular weight is 377 g/mol. The molecule has 0 radical (unpaired) electrons. The molecule has 0 aliphatic carbocycles. The largest absolute Gasteiger partial charge is 0.438 e. The van der Waals surface area contributed by atoms with Crippen LogP contribution in [0, 0.1) is 5.82 Å². The van der Waals surface area contributed by atoms with E-state index in [2.05, 4.69) is 10.3 Å². The van der Waals surface area contributed by atoms with Gasteiger partial charge in [0.15, 0.2) is 6.39 Å². The molecule has 2 aliphatic rings. The molecule has 1 N–H and O–H groups in total. The Balaban J connectivity index is 1.69. The number of hydrogen-bond donors (Lipinski definition) is 1. The van der Waals surface area contributed by atoms with Crippen LogP contribution in [0.2, 0.25) is 0 Å². The maximum atomic E-state index is 13.6. The molecule has 28 heavy (non-hydrogen) atoms. The van der Waals surface area contributed by atoms with Crippen molar-refractivity contribution >= 4 is 17.5 Å². The van der Waals surface area contributed by atoms with Gasteiger partial charge in [-0.05, 0) is 35.7 Å². The molecule has 2 aromatic carbocycles. The number of benzene rings is 2. The van der Waals surface area contributed by atoms with Crippen LogP contribution in [0.4, 0.5) is 10.1 Å². The molecule has 3 heterocycles. The number of hydrogen-bond acceptors (Lipinski definition) is 4. The minimum absolute atomic E-state index is 0.107. The fourth-order valence-corrected chi connectivity index (χ4v) is 4.48. The summed E-state index contributed by atoms with van der Waals surface area (Å²) in [6.45, 7) is 0.364. The zero-order valence-corrected chi connectivity index (χ0v) is 14.8. The van der Waals surface area contributed by atoms with E-state index in [0.717, 1.165) is 11.3 Å². The first kappa shape index (κ1) is 16.7. The Kier molecular flexibility index (Phi) is 3.58. The number of amides is 2. The van der Waals surface area contributed by atoms with Gasteiger partial charge in [0.05, 0.1) is 12.2 Å². The zero-order chi connectivity index (χ0) is 19.3. The van der Waals surface area contributed by atoms with Crippen molar-refractivity contribution in [3.05, 3.63) is 83.8 Å². The van der Waals surface area contributed by atoms with Gasteiger partial charge in [-0.3, -0.25) is 9.59 Å². The Hall–Kier alpha value is -3.48. The monoisotopic (exact) mass is 377 g/mol. The van der Waals surface area contributed by atoms with Crippen LogP contribution >= 0.6 is 0 Å². The summed E-state index contributed by atoms with van der Waals surface area (Å²) >= 11 is 0. The number of nitrogens with zero attached hydrogens (tertiary/aromatic N) is 2. The van der Waals surface area contributed by atoms with Crippen LogP contribution < -0.4 is 5.32 Å². The lowest BCUT2D eigenvalue weighted by molar-refractivity contribution is -0.121. The van der Waals surface area contributed by atoms with Crippen molar-refractivity contribution in [2.75, 3.05) is 11.9 Å². The van der Waals surface area contributed by atoms with E-state index in [1.54, 1.807) is 17.0 Å². The summed E-state index contributed by atoms with van der Waals surface area (Å²) in [6.07, 6.45) is 3.01. The van der Waals surface area contributed by atoms with Gasteiger partial charge in [0.25, 0.3) is 5.91 Å². The number of para-hydroxylation sites is 1. The standard InChI is InChI=1S/C21H16FN3O3/c22-14-7-5-13(6-8-14)18-21(15-3-1-2-4-16(15)24-20(21)27)9-10-25(18)19(26)17-11-23-12-28-17/h1-8,11-12,18H,9-10H2,(H,24,27)/t18-,21+/m0/s1. The summed E-state index contributed by atoms with van der Waals surface area (Å²) in [7, 11) is 0. The van der Waals surface area contributed by atoms with Gasteiger partial charge in [0.2, 0.25) is 11.7 Å². The van der Waals surface area contributed by atoms with E-state index in [0.29, 0.717) is 18.5 Å². The minimum atomic E-state index is -0.940. The molecule has 140 valence electrons. The van der Waals surface area contributed by atoms with Gasteiger partial charge in [0, 0.05) is 12.2 Å². The van der Waals surface area contributed by atoms with Gasteiger partial charge in [-0.25, -0.2) is 9.37 Å². The minimum Gasteiger partial charge on any atom is -0.438 e. The molecule has 3 aromatic rings. The number of oxazole rings is 1. The van der Waals surface area contributed by atoms with Crippen molar-refractivity contribution in [1.29, 1.82) is 0 Å². The normalized spacial score (nSPS) is 23.1. The highest BCUT2D eigenvalue weighted by molar-refractivity contribution is 6.08. The summed E-state index contributed by atoms with van der Waals surface area (Å²) in [5.74, 6) is -0.771. The maximum Gasteiger partial charge on any atom is 0.291 e. The Morgan fingerprint density at radius 3 is 2.75 bits per heavy atom. The quantitative estimate of drug-likeness (QED) is 0.744. The first-order valence-corrected chi connectivity index (χ1v) is 8.97. The number of carbonyl (C=O) groups is 2. The third-order valence-electron chi connectivity index (χ3n) is 5.68. The van der Waals surface area contributed by atoms with Crippen LogP contribution in [0.5, 0.6) is 0 Å². The fraction of sp³-hybridized carbons (Fsp3) is 0.190. The summed E-state index contributed by atoms with van der Waals surface area (Å²) in [5.41, 5.74) is 1.35. The van der Waals surface area contributed by atoms with E-state index in [9.17, 15) is 14.0 Å². The van der Waals surface area contributed by atoms with Crippen LogP contribution in [0.3, 0.4) is 0 Å². The number of rotatable bonds is 2. The smallest absolute Gasteiger partial charge is 0.291 e. The highest BCUT2D eigenvalue weighted by atomic mass is 19.1. The second kappa shape index (κ2) is 6.02. The molecule has 0 bridgehead atoms. The number of nitrogens with one attached hydrogen (secondary N) is 1. The molecule has 2 aliphatic heterocycles. The second-order valence-corrected chi connectivity index (χ2v) is 7.04. The van der Waals surface area contributed by atoms with Crippen LogP contribution in [-0.2, 0) is 10.2 Å². The van der Waals surface area contributed by atoms with Crippen molar-refractivity contribution in [2.45, 2.75) is 17.9 Å². The Labute approximate surface area is 160 Å². The van der Waals surface area contributed by atoms with E-state index >= 15 is 0 Å². The molecule has 2 amide bonds. The summed E-state index contributed by atoms with van der Waals surface area (Å²) in [4.78, 5) is 31.7. The van der Waals surface area contributed by atoms with Gasteiger partial charge in [-0.1, -0.05) is 30.3 Å². The van der Waals surface area contributed by atoms with Crippen molar-refractivity contribution in [1.82, 2.24) is 9.88 Å². The molecule has 0 unspecified atom stereocenters. The number of likely N-dealkylation sites (tertiary alicyclic amines) is 1. The lowest BCUT2D eigenvalue weighted by Crippen LogP contribution is -2.42. The van der Waals surface area contributed by atoms with E-state index < -0.39 is 11.5 Å². The number of aromatic nitrogens is 1. The Morgan fingerprint density at radius 2 is 2.00 bits per heavy atom. The summed E-state index contributed by atoms with van der Waals surface area (Å²) in [5, 5.41) is 2.95. The molecule has 1 saturated heterocycles. The molecular formula is C21H16FN3O3. The van der Waals surface area contributed by atoms with Gasteiger partial charge < -0.3 is 14.6 Å². The second-order valence-electron chi connectivity index (χ2n) is 7.04. The Morgan fingerprint density at radius 1 is 1.21 bits per heavy atom. The first-order chi connectivity index (χ1) is 13.6.